The molecule has 160 valence electrons. The van der Waals surface area contributed by atoms with Crippen molar-refractivity contribution in [2.75, 3.05) is 6.54 Å². The first kappa shape index (κ1) is 21.5. The van der Waals surface area contributed by atoms with Crippen molar-refractivity contribution >= 4 is 28.6 Å². The molecule has 31 heavy (non-hydrogen) atoms. The van der Waals surface area contributed by atoms with E-state index in [9.17, 15) is 4.79 Å². The topological polar surface area (TPSA) is 70.1 Å². The maximum atomic E-state index is 13.6. The zero-order valence-corrected chi connectivity index (χ0v) is 18.4. The van der Waals surface area contributed by atoms with Crippen LogP contribution in [0.3, 0.4) is 0 Å². The first-order valence-corrected chi connectivity index (χ1v) is 12.0. The normalized spacial score (nSPS) is 14.4. The van der Waals surface area contributed by atoms with Crippen molar-refractivity contribution in [3.05, 3.63) is 65.7 Å². The van der Waals surface area contributed by atoms with Crippen molar-refractivity contribution in [3.8, 4) is 6.07 Å². The van der Waals surface area contributed by atoms with Crippen molar-refractivity contribution in [3.63, 3.8) is 0 Å². The van der Waals surface area contributed by atoms with Crippen molar-refractivity contribution in [1.29, 1.82) is 5.26 Å². The van der Waals surface area contributed by atoms with Crippen molar-refractivity contribution in [1.82, 2.24) is 9.88 Å². The van der Waals surface area contributed by atoms with E-state index in [1.807, 2.05) is 48.2 Å². The number of aromatic nitrogens is 1. The van der Waals surface area contributed by atoms with E-state index in [2.05, 4.69) is 11.1 Å². The van der Waals surface area contributed by atoms with Crippen LogP contribution in [0.5, 0.6) is 0 Å². The molecule has 0 spiro atoms. The van der Waals surface area contributed by atoms with Crippen LogP contribution < -0.4 is 0 Å². The van der Waals surface area contributed by atoms with E-state index >= 15 is 0 Å². The Hall–Kier alpha value is -2.78. The summed E-state index contributed by atoms with van der Waals surface area (Å²) in [4.78, 5) is 19.4. The molecule has 0 atom stereocenters. The van der Waals surface area contributed by atoms with Crippen molar-refractivity contribution < 1.29 is 9.21 Å². The molecule has 0 N–H and O–H groups in total. The number of benzene rings is 1. The summed E-state index contributed by atoms with van der Waals surface area (Å²) in [6.45, 7) is 0.761. The lowest BCUT2D eigenvalue weighted by molar-refractivity contribution is 0.0716. The fraction of sp³-hybridized carbons (Fsp3) is 0.400. The van der Waals surface area contributed by atoms with Gasteiger partial charge in [-0.1, -0.05) is 43.5 Å². The highest BCUT2D eigenvalue weighted by Gasteiger charge is 2.26. The van der Waals surface area contributed by atoms with Gasteiger partial charge in [-0.15, -0.1) is 0 Å². The van der Waals surface area contributed by atoms with E-state index < -0.39 is 0 Å². The summed E-state index contributed by atoms with van der Waals surface area (Å²) in [5.74, 6) is 1.02. The van der Waals surface area contributed by atoms with E-state index in [1.165, 1.54) is 32.1 Å². The van der Waals surface area contributed by atoms with Crippen LogP contribution in [0, 0.1) is 11.3 Å². The molecule has 0 bridgehead atoms. The average Bonchev–Trinajstić information content (AvgIpc) is 3.20. The highest BCUT2D eigenvalue weighted by atomic mass is 32.2. The molecule has 1 amide bonds. The molecule has 1 aliphatic carbocycles. The van der Waals surface area contributed by atoms with E-state index in [0.717, 1.165) is 27.8 Å². The van der Waals surface area contributed by atoms with Crippen molar-refractivity contribution in [2.24, 2.45) is 0 Å². The maximum absolute atomic E-state index is 13.6. The molecule has 0 radical (unpaired) electrons. The number of nitrogens with zero attached hydrogens (tertiary/aromatic N) is 3. The summed E-state index contributed by atoms with van der Waals surface area (Å²) in [7, 11) is 0. The molecule has 1 aromatic carbocycles. The highest BCUT2D eigenvalue weighted by molar-refractivity contribution is 7.99. The number of para-hydroxylation sites is 1. The lowest BCUT2D eigenvalue weighted by Crippen LogP contribution is -2.31. The summed E-state index contributed by atoms with van der Waals surface area (Å²) < 4.78 is 6.10. The fourth-order valence-electron chi connectivity index (χ4n) is 4.14. The summed E-state index contributed by atoms with van der Waals surface area (Å²) in [6.07, 6.45) is 10.2. The van der Waals surface area contributed by atoms with Crippen LogP contribution in [0.2, 0.25) is 0 Å². The second-order valence-corrected chi connectivity index (χ2v) is 9.26. The lowest BCUT2D eigenvalue weighted by atomic mass is 10.0. The molecule has 0 saturated heterocycles. The number of hydrogen-bond acceptors (Lipinski definition) is 5. The Morgan fingerprint density at radius 1 is 1.19 bits per heavy atom. The molecule has 4 rings (SSSR count). The van der Waals surface area contributed by atoms with Gasteiger partial charge in [-0.05, 0) is 30.5 Å². The minimum absolute atomic E-state index is 0.158. The van der Waals surface area contributed by atoms with Crippen LogP contribution in [0.15, 0.2) is 53.2 Å². The SMILES string of the molecule is N#CCCN(Cc1cccnc1)C(=O)c1oc2ccccc2c1CSC1CCCCC1. The number of rotatable bonds is 8. The van der Waals surface area contributed by atoms with Crippen LogP contribution >= 0.6 is 11.8 Å². The Morgan fingerprint density at radius 3 is 2.81 bits per heavy atom. The first-order valence-electron chi connectivity index (χ1n) is 10.9. The standard InChI is InChI=1S/C25H27N3O2S/c26-13-7-15-28(17-19-8-6-14-27-16-19)25(29)24-22(18-31-20-9-2-1-3-10-20)21-11-4-5-12-23(21)30-24/h4-6,8,11-12,14,16,20H,1-3,7,9-10,15,17-18H2. The van der Waals surface area contributed by atoms with Gasteiger partial charge in [-0.25, -0.2) is 0 Å². The van der Waals surface area contributed by atoms with Crippen molar-refractivity contribution in [2.45, 2.75) is 56.1 Å². The molecular formula is C25H27N3O2S. The van der Waals surface area contributed by atoms with Gasteiger partial charge in [-0.3, -0.25) is 9.78 Å². The number of carbonyl (C=O) groups is 1. The van der Waals surface area contributed by atoms with Crippen LogP contribution in [0.4, 0.5) is 0 Å². The monoisotopic (exact) mass is 433 g/mol. The molecular weight excluding hydrogens is 406 g/mol. The Morgan fingerprint density at radius 2 is 2.03 bits per heavy atom. The number of carbonyl (C=O) groups excluding carboxylic acids is 1. The molecule has 0 unspecified atom stereocenters. The predicted octanol–water partition coefficient (Wildman–Crippen LogP) is 5.95. The van der Waals surface area contributed by atoms with Gasteiger partial charge in [-0.2, -0.15) is 17.0 Å². The smallest absolute Gasteiger partial charge is 0.290 e. The quantitative estimate of drug-likeness (QED) is 0.439. The zero-order valence-electron chi connectivity index (χ0n) is 17.6. The minimum atomic E-state index is -0.158. The Labute approximate surface area is 187 Å². The number of thioether (sulfide) groups is 1. The number of fused-ring (bicyclic) bond motifs is 1. The number of nitriles is 1. The zero-order chi connectivity index (χ0) is 21.5. The predicted molar refractivity (Wildman–Crippen MR) is 124 cm³/mol. The average molecular weight is 434 g/mol. The third-order valence-electron chi connectivity index (χ3n) is 5.79. The second-order valence-electron chi connectivity index (χ2n) is 7.97. The fourth-order valence-corrected chi connectivity index (χ4v) is 5.50. The Bertz CT molecular complexity index is 1050. The van der Waals surface area contributed by atoms with Gasteiger partial charge < -0.3 is 9.32 Å². The van der Waals surface area contributed by atoms with Gasteiger partial charge in [0, 0.05) is 47.4 Å². The summed E-state index contributed by atoms with van der Waals surface area (Å²) >= 11 is 1.94. The van der Waals surface area contributed by atoms with Gasteiger partial charge in [0.25, 0.3) is 5.91 Å². The van der Waals surface area contributed by atoms with E-state index in [-0.39, 0.29) is 12.3 Å². The molecule has 2 aromatic heterocycles. The summed E-state index contributed by atoms with van der Waals surface area (Å²) in [5, 5.41) is 10.8. The largest absolute Gasteiger partial charge is 0.451 e. The van der Waals surface area contributed by atoms with Crippen LogP contribution in [-0.2, 0) is 12.3 Å². The number of amides is 1. The number of furan rings is 1. The van der Waals surface area contributed by atoms with Crippen LogP contribution in [0.25, 0.3) is 11.0 Å². The molecule has 1 fully saturated rings. The number of hydrogen-bond donors (Lipinski definition) is 0. The summed E-state index contributed by atoms with van der Waals surface area (Å²) in [5.41, 5.74) is 2.65. The molecule has 1 aliphatic rings. The second kappa shape index (κ2) is 10.5. The molecule has 3 aromatic rings. The van der Waals surface area contributed by atoms with Gasteiger partial charge in [0.2, 0.25) is 0 Å². The summed E-state index contributed by atoms with van der Waals surface area (Å²) in [6, 6.07) is 13.8. The Balaban J connectivity index is 1.62. The van der Waals surface area contributed by atoms with E-state index in [4.69, 9.17) is 9.68 Å². The minimum Gasteiger partial charge on any atom is -0.451 e. The molecule has 0 aliphatic heterocycles. The molecule has 5 nitrogen and oxygen atoms in total. The first-order chi connectivity index (χ1) is 15.3. The highest BCUT2D eigenvalue weighted by Crippen LogP contribution is 2.35. The van der Waals surface area contributed by atoms with Crippen LogP contribution in [-0.4, -0.2) is 27.6 Å². The van der Waals surface area contributed by atoms with E-state index in [0.29, 0.717) is 24.1 Å². The number of pyridine rings is 1. The van der Waals surface area contributed by atoms with Crippen LogP contribution in [0.1, 0.15) is 60.2 Å². The third kappa shape index (κ3) is 5.29. The van der Waals surface area contributed by atoms with E-state index in [1.54, 1.807) is 17.3 Å². The maximum Gasteiger partial charge on any atom is 0.290 e. The Kier molecular flexibility index (Phi) is 7.26. The van der Waals surface area contributed by atoms with Gasteiger partial charge in [0.15, 0.2) is 5.76 Å². The third-order valence-corrected chi connectivity index (χ3v) is 7.18. The molecule has 2 heterocycles. The van der Waals surface area contributed by atoms with Gasteiger partial charge >= 0.3 is 0 Å². The molecule has 6 heteroatoms. The van der Waals surface area contributed by atoms with Gasteiger partial charge in [0.1, 0.15) is 5.58 Å². The van der Waals surface area contributed by atoms with Gasteiger partial charge in [0.05, 0.1) is 12.5 Å². The lowest BCUT2D eigenvalue weighted by Gasteiger charge is -2.22. The molecule has 1 saturated carbocycles.